The van der Waals surface area contributed by atoms with E-state index in [1.807, 2.05) is 6.92 Å². The highest BCUT2D eigenvalue weighted by atomic mass is 16.5. The zero-order valence-electron chi connectivity index (χ0n) is 12.9. The van der Waals surface area contributed by atoms with Gasteiger partial charge in [0.2, 0.25) is 5.91 Å². The normalized spacial score (nSPS) is 22.6. The molecule has 0 aromatic carbocycles. The predicted molar refractivity (Wildman–Crippen MR) is 78.2 cm³/mol. The highest BCUT2D eigenvalue weighted by Gasteiger charge is 2.28. The van der Waals surface area contributed by atoms with Crippen molar-refractivity contribution < 1.29 is 14.3 Å². The molecule has 2 atom stereocenters. The minimum atomic E-state index is -0.0942. The molecule has 0 aromatic heterocycles. The number of amides is 1. The number of ether oxygens (including phenoxy) is 1. The lowest BCUT2D eigenvalue weighted by Gasteiger charge is -2.28. The van der Waals surface area contributed by atoms with Crippen molar-refractivity contribution in [3.05, 3.63) is 0 Å². The maximum Gasteiger partial charge on any atom is 0.308 e. The van der Waals surface area contributed by atoms with Crippen molar-refractivity contribution in [3.8, 4) is 0 Å². The summed E-state index contributed by atoms with van der Waals surface area (Å²) in [5, 5.41) is 6.14. The Morgan fingerprint density at radius 1 is 1.30 bits per heavy atom. The van der Waals surface area contributed by atoms with Crippen molar-refractivity contribution in [3.63, 3.8) is 0 Å². The van der Waals surface area contributed by atoms with Crippen LogP contribution in [0.3, 0.4) is 0 Å². The Bertz CT molecular complexity index is 318. The van der Waals surface area contributed by atoms with Gasteiger partial charge in [0.25, 0.3) is 0 Å². The number of nitrogens with one attached hydrogen (secondary N) is 2. The second-order valence-corrected chi connectivity index (χ2v) is 5.89. The van der Waals surface area contributed by atoms with Crippen molar-refractivity contribution in [2.24, 2.45) is 11.8 Å². The van der Waals surface area contributed by atoms with Crippen LogP contribution in [0.25, 0.3) is 0 Å². The molecule has 0 saturated heterocycles. The van der Waals surface area contributed by atoms with Crippen molar-refractivity contribution in [2.45, 2.75) is 52.5 Å². The van der Waals surface area contributed by atoms with Crippen molar-refractivity contribution in [1.29, 1.82) is 0 Å². The molecule has 1 fully saturated rings. The molecule has 1 saturated carbocycles. The molecule has 1 amide bonds. The Balaban J connectivity index is 2.26. The molecule has 0 radical (unpaired) electrons. The summed E-state index contributed by atoms with van der Waals surface area (Å²) < 4.78 is 5.07. The van der Waals surface area contributed by atoms with Crippen LogP contribution < -0.4 is 10.6 Å². The third-order valence-electron chi connectivity index (χ3n) is 3.55. The summed E-state index contributed by atoms with van der Waals surface area (Å²) in [6.07, 6.45) is 3.70. The average molecular weight is 284 g/mol. The third kappa shape index (κ3) is 6.37. The zero-order chi connectivity index (χ0) is 15.0. The van der Waals surface area contributed by atoms with Gasteiger partial charge in [-0.3, -0.25) is 9.59 Å². The number of hydrogen-bond acceptors (Lipinski definition) is 4. The van der Waals surface area contributed by atoms with Crippen molar-refractivity contribution in [1.82, 2.24) is 10.6 Å². The first-order valence-corrected chi connectivity index (χ1v) is 7.69. The van der Waals surface area contributed by atoms with Gasteiger partial charge in [0.1, 0.15) is 0 Å². The standard InChI is InChI=1S/C15H28N2O3/c1-4-20-15(19)12-6-5-7-13(8-12)16-10-14(18)17-9-11(2)3/h11-13,16H,4-10H2,1-3H3,(H,17,18). The second kappa shape index (κ2) is 8.95. The minimum Gasteiger partial charge on any atom is -0.466 e. The first-order chi connectivity index (χ1) is 9.52. The van der Waals surface area contributed by atoms with Gasteiger partial charge >= 0.3 is 5.97 Å². The van der Waals surface area contributed by atoms with Crippen molar-refractivity contribution >= 4 is 11.9 Å². The summed E-state index contributed by atoms with van der Waals surface area (Å²) in [6, 6.07) is 0.239. The Kier molecular flexibility index (Phi) is 7.59. The third-order valence-corrected chi connectivity index (χ3v) is 3.55. The summed E-state index contributed by atoms with van der Waals surface area (Å²) in [6.45, 7) is 7.43. The molecule has 0 bridgehead atoms. The average Bonchev–Trinajstić information content (AvgIpc) is 2.43. The summed E-state index contributed by atoms with van der Waals surface area (Å²) in [5.74, 6) is 0.377. The molecule has 1 aliphatic rings. The van der Waals surface area contributed by atoms with Gasteiger partial charge in [-0.15, -0.1) is 0 Å². The van der Waals surface area contributed by atoms with E-state index in [-0.39, 0.29) is 23.8 Å². The smallest absolute Gasteiger partial charge is 0.308 e. The zero-order valence-corrected chi connectivity index (χ0v) is 12.9. The van der Waals surface area contributed by atoms with E-state index in [1.165, 1.54) is 0 Å². The van der Waals surface area contributed by atoms with Crippen molar-refractivity contribution in [2.75, 3.05) is 19.7 Å². The molecule has 0 aliphatic heterocycles. The number of hydrogen-bond donors (Lipinski definition) is 2. The van der Waals surface area contributed by atoms with E-state index < -0.39 is 0 Å². The van der Waals surface area contributed by atoms with Crippen LogP contribution >= 0.6 is 0 Å². The molecule has 1 aliphatic carbocycles. The molecular formula is C15H28N2O3. The van der Waals surface area contributed by atoms with Crippen LogP contribution in [0.4, 0.5) is 0 Å². The lowest BCUT2D eigenvalue weighted by atomic mass is 9.86. The fourth-order valence-electron chi connectivity index (χ4n) is 2.47. The van der Waals surface area contributed by atoms with Gasteiger partial charge in [-0.25, -0.2) is 0 Å². The number of carbonyl (C=O) groups is 2. The maximum absolute atomic E-state index is 11.7. The van der Waals surface area contributed by atoms with Crippen LogP contribution in [0.1, 0.15) is 46.5 Å². The fourth-order valence-corrected chi connectivity index (χ4v) is 2.47. The van der Waals surface area contributed by atoms with E-state index >= 15 is 0 Å². The molecular weight excluding hydrogens is 256 g/mol. The summed E-state index contributed by atoms with van der Waals surface area (Å²) in [5.41, 5.74) is 0. The van der Waals surface area contributed by atoms with E-state index in [0.29, 0.717) is 25.6 Å². The number of rotatable bonds is 7. The van der Waals surface area contributed by atoms with Crippen LogP contribution in [0, 0.1) is 11.8 Å². The van der Waals surface area contributed by atoms with E-state index in [2.05, 4.69) is 24.5 Å². The molecule has 0 spiro atoms. The van der Waals surface area contributed by atoms with Gasteiger partial charge in [-0.05, 0) is 32.1 Å². The summed E-state index contributed by atoms with van der Waals surface area (Å²) >= 11 is 0. The molecule has 5 heteroatoms. The second-order valence-electron chi connectivity index (χ2n) is 5.89. The van der Waals surface area contributed by atoms with Gasteiger partial charge in [0.05, 0.1) is 19.1 Å². The van der Waals surface area contributed by atoms with E-state index in [0.717, 1.165) is 25.7 Å². The largest absolute Gasteiger partial charge is 0.466 e. The molecule has 0 heterocycles. The predicted octanol–water partition coefficient (Wildman–Crippen LogP) is 1.47. The van der Waals surface area contributed by atoms with Crippen LogP contribution in [0.5, 0.6) is 0 Å². The Labute approximate surface area is 121 Å². The Morgan fingerprint density at radius 3 is 2.70 bits per heavy atom. The van der Waals surface area contributed by atoms with E-state index in [1.54, 1.807) is 0 Å². The van der Waals surface area contributed by atoms with Gasteiger partial charge in [0.15, 0.2) is 0 Å². The monoisotopic (exact) mass is 284 g/mol. The maximum atomic E-state index is 11.7. The summed E-state index contributed by atoms with van der Waals surface area (Å²) in [7, 11) is 0. The first kappa shape index (κ1) is 17.0. The molecule has 1 rings (SSSR count). The number of esters is 1. The molecule has 116 valence electrons. The topological polar surface area (TPSA) is 67.4 Å². The lowest BCUT2D eigenvalue weighted by Crippen LogP contribution is -2.43. The highest BCUT2D eigenvalue weighted by molar-refractivity contribution is 5.78. The molecule has 20 heavy (non-hydrogen) atoms. The Hall–Kier alpha value is -1.10. The molecule has 2 unspecified atom stereocenters. The molecule has 0 aromatic rings. The van der Waals surface area contributed by atoms with Crippen LogP contribution in [-0.2, 0) is 14.3 Å². The number of carbonyl (C=O) groups excluding carboxylic acids is 2. The SMILES string of the molecule is CCOC(=O)C1CCCC(NCC(=O)NCC(C)C)C1. The van der Waals surface area contributed by atoms with Gasteiger partial charge < -0.3 is 15.4 Å². The van der Waals surface area contributed by atoms with Crippen LogP contribution in [0.2, 0.25) is 0 Å². The Morgan fingerprint density at radius 2 is 2.05 bits per heavy atom. The quantitative estimate of drug-likeness (QED) is 0.695. The van der Waals surface area contributed by atoms with E-state index in [9.17, 15) is 9.59 Å². The minimum absolute atomic E-state index is 0.0140. The highest BCUT2D eigenvalue weighted by Crippen LogP contribution is 2.25. The van der Waals surface area contributed by atoms with Crippen LogP contribution in [0.15, 0.2) is 0 Å². The summed E-state index contributed by atoms with van der Waals surface area (Å²) in [4.78, 5) is 23.4. The molecule has 2 N–H and O–H groups in total. The van der Waals surface area contributed by atoms with Crippen LogP contribution in [-0.4, -0.2) is 37.6 Å². The van der Waals surface area contributed by atoms with Gasteiger partial charge in [0, 0.05) is 12.6 Å². The van der Waals surface area contributed by atoms with E-state index in [4.69, 9.17) is 4.74 Å². The first-order valence-electron chi connectivity index (χ1n) is 7.69. The lowest BCUT2D eigenvalue weighted by molar-refractivity contribution is -0.149. The molecule has 5 nitrogen and oxygen atoms in total. The fraction of sp³-hybridized carbons (Fsp3) is 0.867. The van der Waals surface area contributed by atoms with Gasteiger partial charge in [-0.1, -0.05) is 20.3 Å². The van der Waals surface area contributed by atoms with Gasteiger partial charge in [-0.2, -0.15) is 0 Å².